The van der Waals surface area contributed by atoms with E-state index < -0.39 is 0 Å². The van der Waals surface area contributed by atoms with Gasteiger partial charge in [-0.25, -0.2) is 0 Å². The van der Waals surface area contributed by atoms with Crippen LogP contribution in [0.25, 0.3) is 19.3 Å². The molecule has 0 N–H and O–H groups in total. The Kier molecular flexibility index (Phi) is 4.58. The zero-order valence-corrected chi connectivity index (χ0v) is 18.3. The summed E-state index contributed by atoms with van der Waals surface area (Å²) in [5, 5.41) is 1.67. The summed E-state index contributed by atoms with van der Waals surface area (Å²) in [6.07, 6.45) is 0. The summed E-state index contributed by atoms with van der Waals surface area (Å²) in [5.41, 5.74) is 2.46. The van der Waals surface area contributed by atoms with Gasteiger partial charge in [0.05, 0.1) is 0 Å². The van der Waals surface area contributed by atoms with Crippen LogP contribution in [-0.4, -0.2) is 36.6 Å². The first kappa shape index (κ1) is 17.7. The van der Waals surface area contributed by atoms with Crippen molar-refractivity contribution >= 4 is 48.8 Å². The van der Waals surface area contributed by atoms with E-state index in [1.54, 1.807) is 0 Å². The first-order valence-electron chi connectivity index (χ1n) is 8.94. The third-order valence-electron chi connectivity index (χ3n) is 4.75. The Morgan fingerprint density at radius 1 is 0.607 bits per heavy atom. The van der Waals surface area contributed by atoms with Crippen molar-refractivity contribution in [3.8, 4) is 0 Å². The summed E-state index contributed by atoms with van der Waals surface area (Å²) in [7, 11) is 0. The predicted octanol–water partition coefficient (Wildman–Crippen LogP) is 2.53. The molecule has 0 saturated heterocycles. The van der Waals surface area contributed by atoms with Crippen LogP contribution in [0, 0.1) is 0 Å². The molecule has 5 rings (SSSR count). The predicted molar refractivity (Wildman–Crippen MR) is 115 cm³/mol. The van der Waals surface area contributed by atoms with Crippen LogP contribution in [0.1, 0.15) is 11.1 Å². The normalized spacial score (nSPS) is 11.4. The van der Waals surface area contributed by atoms with Gasteiger partial charge in [0.25, 0.3) is 0 Å². The topological polar surface area (TPSA) is 44.0 Å². The molecule has 0 radical (unpaired) electrons. The number of rotatable bonds is 4. The van der Waals surface area contributed by atoms with Crippen molar-refractivity contribution in [2.24, 2.45) is 0 Å². The summed E-state index contributed by atoms with van der Waals surface area (Å²) in [6, 6.07) is 24.0. The minimum absolute atomic E-state index is 0.0271. The molecule has 0 saturated carbocycles. The fourth-order valence-electron chi connectivity index (χ4n) is 3.40. The van der Waals surface area contributed by atoms with Crippen LogP contribution in [0.2, 0.25) is 0 Å². The van der Waals surface area contributed by atoms with E-state index in [9.17, 15) is 9.59 Å². The fourth-order valence-corrected chi connectivity index (χ4v) is 7.70. The summed E-state index contributed by atoms with van der Waals surface area (Å²) >= 11 is 0.0543. The van der Waals surface area contributed by atoms with Gasteiger partial charge in [0.15, 0.2) is 0 Å². The number of fused-ring (bicyclic) bond motifs is 2. The van der Waals surface area contributed by atoms with Crippen LogP contribution in [-0.2, 0) is 13.1 Å². The molecule has 0 aliphatic rings. The third-order valence-corrected chi connectivity index (χ3v) is 9.23. The fraction of sp³-hybridized carbons (Fsp3) is 0.0909. The van der Waals surface area contributed by atoms with Gasteiger partial charge in [0.2, 0.25) is 0 Å². The van der Waals surface area contributed by atoms with Crippen molar-refractivity contribution in [1.29, 1.82) is 0 Å². The standard InChI is InChI=1S/C22H16N2O2Se2/c25-21-17-8-1-3-10-19(17)27-23(21)13-15-6-5-7-16(12-15)14-24-22(26)18-9-2-4-11-20(18)28-24/h1-12H,13-14H2. The van der Waals surface area contributed by atoms with Crippen molar-refractivity contribution in [3.63, 3.8) is 0 Å². The molecule has 4 nitrogen and oxygen atoms in total. The molecule has 3 aromatic carbocycles. The van der Waals surface area contributed by atoms with Crippen LogP contribution in [0.3, 0.4) is 0 Å². The number of benzene rings is 3. The Morgan fingerprint density at radius 3 is 1.54 bits per heavy atom. The Bertz CT molecular complexity index is 1320. The van der Waals surface area contributed by atoms with Crippen LogP contribution < -0.4 is 11.1 Å². The van der Waals surface area contributed by atoms with E-state index >= 15 is 0 Å². The SMILES string of the molecule is O=c1c2ccccc2[se]n1Cc1cccc(Cn2[se]c3ccccc3c2=O)c1. The van der Waals surface area contributed by atoms with Gasteiger partial charge in [-0.3, -0.25) is 0 Å². The first-order chi connectivity index (χ1) is 13.7. The van der Waals surface area contributed by atoms with Crippen molar-refractivity contribution < 1.29 is 0 Å². The van der Waals surface area contributed by atoms with Gasteiger partial charge in [-0.2, -0.15) is 0 Å². The number of nitrogens with zero attached hydrogens (tertiary/aromatic N) is 2. The third kappa shape index (κ3) is 3.19. The van der Waals surface area contributed by atoms with E-state index in [1.165, 1.54) is 0 Å². The average molecular weight is 498 g/mol. The van der Waals surface area contributed by atoms with E-state index in [0.717, 1.165) is 30.4 Å². The van der Waals surface area contributed by atoms with Crippen LogP contribution >= 0.6 is 0 Å². The second-order valence-corrected chi connectivity index (χ2v) is 11.1. The molecule has 0 aliphatic heterocycles. The Labute approximate surface area is 173 Å². The molecule has 0 aliphatic carbocycles. The molecular weight excluding hydrogens is 482 g/mol. The molecular formula is C22H16N2O2Se2. The molecule has 2 heterocycles. The van der Waals surface area contributed by atoms with Crippen LogP contribution in [0.5, 0.6) is 0 Å². The Morgan fingerprint density at radius 2 is 1.07 bits per heavy atom. The maximum atomic E-state index is 12.6. The van der Waals surface area contributed by atoms with E-state index in [4.69, 9.17) is 0 Å². The average Bonchev–Trinajstić information content (AvgIpc) is 3.20. The molecule has 2 aromatic heterocycles. The molecule has 0 fully saturated rings. The molecule has 6 heteroatoms. The molecule has 0 atom stereocenters. The first-order valence-corrected chi connectivity index (χ1v) is 12.2. The minimum atomic E-state index is 0.0271. The molecule has 0 bridgehead atoms. The van der Waals surface area contributed by atoms with Crippen molar-refractivity contribution in [2.45, 2.75) is 13.1 Å². The van der Waals surface area contributed by atoms with E-state index in [-0.39, 0.29) is 40.6 Å². The summed E-state index contributed by atoms with van der Waals surface area (Å²) in [5.74, 6) is 0. The molecule has 28 heavy (non-hydrogen) atoms. The van der Waals surface area contributed by atoms with Gasteiger partial charge in [0, 0.05) is 0 Å². The Balaban J connectivity index is 1.46. The van der Waals surface area contributed by atoms with Gasteiger partial charge >= 0.3 is 174 Å². The number of aromatic nitrogens is 2. The van der Waals surface area contributed by atoms with E-state index in [0.29, 0.717) is 13.1 Å². The Hall–Kier alpha value is -2.36. The van der Waals surface area contributed by atoms with Crippen molar-refractivity contribution in [3.05, 3.63) is 105 Å². The quantitative estimate of drug-likeness (QED) is 0.358. The van der Waals surface area contributed by atoms with Crippen molar-refractivity contribution in [2.75, 3.05) is 0 Å². The van der Waals surface area contributed by atoms with E-state index in [1.807, 2.05) is 61.7 Å². The van der Waals surface area contributed by atoms with Gasteiger partial charge < -0.3 is 0 Å². The maximum absolute atomic E-state index is 12.6. The van der Waals surface area contributed by atoms with Gasteiger partial charge in [-0.1, -0.05) is 0 Å². The van der Waals surface area contributed by atoms with E-state index in [2.05, 4.69) is 18.2 Å². The molecule has 0 amide bonds. The second-order valence-electron chi connectivity index (χ2n) is 6.68. The monoisotopic (exact) mass is 500 g/mol. The number of hydrogen-bond acceptors (Lipinski definition) is 2. The molecule has 138 valence electrons. The van der Waals surface area contributed by atoms with Gasteiger partial charge in [-0.05, 0) is 0 Å². The van der Waals surface area contributed by atoms with Crippen LogP contribution in [0.15, 0.2) is 82.4 Å². The molecule has 5 aromatic rings. The zero-order valence-electron chi connectivity index (χ0n) is 14.9. The zero-order chi connectivity index (χ0) is 19.1. The molecule has 0 spiro atoms. The second kappa shape index (κ2) is 7.23. The van der Waals surface area contributed by atoms with Gasteiger partial charge in [0.1, 0.15) is 0 Å². The summed E-state index contributed by atoms with van der Waals surface area (Å²) in [4.78, 5) is 25.2. The summed E-state index contributed by atoms with van der Waals surface area (Å²) in [6.45, 7) is 1.22. The summed E-state index contributed by atoms with van der Waals surface area (Å²) < 4.78 is 6.19. The van der Waals surface area contributed by atoms with Crippen molar-refractivity contribution in [1.82, 2.24) is 7.12 Å². The van der Waals surface area contributed by atoms with Crippen LogP contribution in [0.4, 0.5) is 0 Å². The van der Waals surface area contributed by atoms with Gasteiger partial charge in [-0.15, -0.1) is 0 Å². The number of hydrogen-bond donors (Lipinski definition) is 0. The molecule has 0 unspecified atom stereocenters.